The molecule has 37 heavy (non-hydrogen) atoms. The Morgan fingerprint density at radius 1 is 1.16 bits per heavy atom. The molecule has 1 unspecified atom stereocenters. The fraction of sp³-hybridized carbons (Fsp3) is 0.625. The fourth-order valence-corrected chi connectivity index (χ4v) is 6.28. The molecular weight excluding hydrogens is 509 g/mol. The van der Waals surface area contributed by atoms with Gasteiger partial charge in [0.1, 0.15) is 12.1 Å². The Morgan fingerprint density at radius 3 is 2.49 bits per heavy atom. The average molecular weight is 543 g/mol. The molecule has 1 aliphatic carbocycles. The number of nitrogens with one attached hydrogen (secondary N) is 3. The zero-order chi connectivity index (χ0) is 26.8. The van der Waals surface area contributed by atoms with Crippen molar-refractivity contribution < 1.29 is 26.4 Å². The number of amides is 1. The van der Waals surface area contributed by atoms with Gasteiger partial charge < -0.3 is 10.6 Å². The van der Waals surface area contributed by atoms with E-state index in [-0.39, 0.29) is 35.7 Å². The first kappa shape index (κ1) is 27.5. The number of halogens is 3. The third-order valence-electron chi connectivity index (χ3n) is 7.29. The van der Waals surface area contributed by atoms with Crippen molar-refractivity contribution in [2.24, 2.45) is 5.92 Å². The number of anilines is 1. The van der Waals surface area contributed by atoms with Crippen molar-refractivity contribution in [1.82, 2.24) is 24.9 Å². The van der Waals surface area contributed by atoms with E-state index in [1.54, 1.807) is 0 Å². The van der Waals surface area contributed by atoms with E-state index >= 15 is 0 Å². The van der Waals surface area contributed by atoms with Gasteiger partial charge >= 0.3 is 6.18 Å². The number of sulfonamides is 1. The summed E-state index contributed by atoms with van der Waals surface area (Å²) in [5, 5.41) is 6.00. The number of fused-ring (bicyclic) bond motifs is 1. The molecule has 1 aliphatic heterocycles. The molecule has 4 rings (SSSR count). The van der Waals surface area contributed by atoms with Gasteiger partial charge in [-0.25, -0.2) is 23.1 Å². The van der Waals surface area contributed by atoms with Crippen molar-refractivity contribution in [3.05, 3.63) is 30.1 Å². The number of likely N-dealkylation sites (tertiary alicyclic amines) is 1. The quantitative estimate of drug-likeness (QED) is 0.446. The smallest absolute Gasteiger partial charge is 0.360 e. The Labute approximate surface area is 214 Å². The maximum absolute atomic E-state index is 13.1. The SMILES string of the molecule is CCC(NS(C)(=O)=O)[C@H]1CC[C@@H](N2CC(NC(=O)CNc3ncnc4ccc(C(F)(F)F)cc34)C2)CC1. The minimum atomic E-state index is -4.49. The maximum Gasteiger partial charge on any atom is 0.416 e. The van der Waals surface area contributed by atoms with E-state index in [1.165, 1.54) is 18.6 Å². The van der Waals surface area contributed by atoms with Crippen LogP contribution in [-0.2, 0) is 21.0 Å². The van der Waals surface area contributed by atoms with Gasteiger partial charge in [0.05, 0.1) is 29.9 Å². The molecule has 2 fully saturated rings. The second-order valence-corrected chi connectivity index (χ2v) is 11.8. The van der Waals surface area contributed by atoms with Gasteiger partial charge in [0.2, 0.25) is 15.9 Å². The van der Waals surface area contributed by atoms with Gasteiger partial charge in [-0.1, -0.05) is 6.92 Å². The number of alkyl halides is 3. The Morgan fingerprint density at radius 2 is 1.86 bits per heavy atom. The Kier molecular flexibility index (Phi) is 8.24. The minimum Gasteiger partial charge on any atom is -0.360 e. The van der Waals surface area contributed by atoms with Gasteiger partial charge in [-0.05, 0) is 56.2 Å². The molecule has 0 bridgehead atoms. The summed E-state index contributed by atoms with van der Waals surface area (Å²) in [6, 6.07) is 3.64. The van der Waals surface area contributed by atoms with Crippen molar-refractivity contribution >= 4 is 32.7 Å². The second-order valence-electron chi connectivity index (χ2n) is 10.00. The van der Waals surface area contributed by atoms with E-state index in [0.717, 1.165) is 57.3 Å². The Bertz CT molecular complexity index is 1210. The highest BCUT2D eigenvalue weighted by atomic mass is 32.2. The monoisotopic (exact) mass is 542 g/mol. The zero-order valence-corrected chi connectivity index (χ0v) is 21.7. The summed E-state index contributed by atoms with van der Waals surface area (Å²) >= 11 is 0. The van der Waals surface area contributed by atoms with Gasteiger partial charge in [-0.3, -0.25) is 9.69 Å². The first-order chi connectivity index (χ1) is 17.4. The number of carbonyl (C=O) groups excluding carboxylic acids is 1. The van der Waals surface area contributed by atoms with Crippen molar-refractivity contribution in [2.75, 3.05) is 31.2 Å². The summed E-state index contributed by atoms with van der Waals surface area (Å²) < 4.78 is 65.3. The summed E-state index contributed by atoms with van der Waals surface area (Å²) in [4.78, 5) is 22.8. The highest BCUT2D eigenvalue weighted by molar-refractivity contribution is 7.88. The molecule has 0 spiro atoms. The van der Waals surface area contributed by atoms with E-state index in [4.69, 9.17) is 0 Å². The molecule has 9 nitrogen and oxygen atoms in total. The molecule has 1 saturated carbocycles. The van der Waals surface area contributed by atoms with Crippen LogP contribution in [0, 0.1) is 5.92 Å². The van der Waals surface area contributed by atoms with Crippen LogP contribution in [-0.4, -0.2) is 73.2 Å². The third kappa shape index (κ3) is 7.08. The highest BCUT2D eigenvalue weighted by Crippen LogP contribution is 2.34. The number of benzene rings is 1. The molecule has 0 radical (unpaired) electrons. The summed E-state index contributed by atoms with van der Waals surface area (Å²) in [6.45, 7) is 3.37. The largest absolute Gasteiger partial charge is 0.416 e. The van der Waals surface area contributed by atoms with Crippen LogP contribution >= 0.6 is 0 Å². The van der Waals surface area contributed by atoms with E-state index < -0.39 is 21.8 Å². The number of carbonyl (C=O) groups is 1. The van der Waals surface area contributed by atoms with Crippen molar-refractivity contribution in [1.29, 1.82) is 0 Å². The molecular formula is C24H33F3N6O3S. The Balaban J connectivity index is 1.22. The summed E-state index contributed by atoms with van der Waals surface area (Å²) in [7, 11) is -3.23. The second kappa shape index (κ2) is 11.1. The molecule has 1 amide bonds. The summed E-state index contributed by atoms with van der Waals surface area (Å²) in [5.41, 5.74) is -0.449. The predicted molar refractivity (Wildman–Crippen MR) is 134 cm³/mol. The van der Waals surface area contributed by atoms with Crippen LogP contribution in [0.25, 0.3) is 10.9 Å². The van der Waals surface area contributed by atoms with Crippen molar-refractivity contribution in [2.45, 2.75) is 63.3 Å². The minimum absolute atomic E-state index is 0.0151. The molecule has 2 aromatic rings. The molecule has 1 atom stereocenters. The number of rotatable bonds is 9. The number of aromatic nitrogens is 2. The lowest BCUT2D eigenvalue weighted by atomic mass is 9.79. The van der Waals surface area contributed by atoms with Gasteiger partial charge in [-0.15, -0.1) is 0 Å². The fourth-order valence-electron chi connectivity index (χ4n) is 5.38. The molecule has 13 heteroatoms. The van der Waals surface area contributed by atoms with Crippen LogP contribution in [0.15, 0.2) is 24.5 Å². The Hall–Kier alpha value is -2.51. The average Bonchev–Trinajstić information content (AvgIpc) is 2.82. The lowest BCUT2D eigenvalue weighted by Crippen LogP contribution is -2.63. The maximum atomic E-state index is 13.1. The first-order valence-electron chi connectivity index (χ1n) is 12.5. The lowest BCUT2D eigenvalue weighted by Gasteiger charge is -2.47. The number of hydrogen-bond acceptors (Lipinski definition) is 7. The van der Waals surface area contributed by atoms with Gasteiger partial charge in [0, 0.05) is 30.6 Å². The molecule has 2 heterocycles. The molecule has 1 saturated heterocycles. The van der Waals surface area contributed by atoms with Crippen LogP contribution in [0.3, 0.4) is 0 Å². The zero-order valence-electron chi connectivity index (χ0n) is 20.9. The number of hydrogen-bond donors (Lipinski definition) is 3. The molecule has 2 aliphatic rings. The molecule has 1 aromatic carbocycles. The number of nitrogens with zero attached hydrogens (tertiary/aromatic N) is 3. The van der Waals surface area contributed by atoms with Crippen molar-refractivity contribution in [3.8, 4) is 0 Å². The standard InChI is InChI=1S/C24H33F3N6O3S/c1-3-20(32-37(2,35)36)15-4-7-18(8-5-15)33-12-17(13-33)31-22(34)11-28-23-19-10-16(24(25,26)27)6-9-21(19)29-14-30-23/h6,9-10,14-15,17-18,20,32H,3-5,7-8,11-13H2,1-2H3,(H,31,34)(H,28,29,30)/t15-,18+,20?. The van der Waals surface area contributed by atoms with E-state index in [9.17, 15) is 26.4 Å². The van der Waals surface area contributed by atoms with Crippen LogP contribution in [0.4, 0.5) is 19.0 Å². The highest BCUT2D eigenvalue weighted by Gasteiger charge is 2.37. The van der Waals surface area contributed by atoms with E-state index in [0.29, 0.717) is 17.5 Å². The molecule has 204 valence electrons. The first-order valence-corrected chi connectivity index (χ1v) is 14.4. The van der Waals surface area contributed by atoms with Crippen LogP contribution in [0.5, 0.6) is 0 Å². The summed E-state index contributed by atoms with van der Waals surface area (Å²) in [6.07, 6.45) is 2.64. The van der Waals surface area contributed by atoms with E-state index in [2.05, 4.69) is 30.2 Å². The molecule has 1 aromatic heterocycles. The third-order valence-corrected chi connectivity index (χ3v) is 8.02. The summed E-state index contributed by atoms with van der Waals surface area (Å²) in [5.74, 6) is 0.252. The van der Waals surface area contributed by atoms with Gasteiger partial charge in [-0.2, -0.15) is 13.2 Å². The van der Waals surface area contributed by atoms with Gasteiger partial charge in [0.15, 0.2) is 0 Å². The molecule has 3 N–H and O–H groups in total. The van der Waals surface area contributed by atoms with Crippen molar-refractivity contribution in [3.63, 3.8) is 0 Å². The van der Waals surface area contributed by atoms with Crippen LogP contribution in [0.2, 0.25) is 0 Å². The topological polar surface area (TPSA) is 116 Å². The van der Waals surface area contributed by atoms with Gasteiger partial charge in [0.25, 0.3) is 0 Å². The van der Waals surface area contributed by atoms with Crippen LogP contribution < -0.4 is 15.4 Å². The predicted octanol–water partition coefficient (Wildman–Crippen LogP) is 2.75. The van der Waals surface area contributed by atoms with E-state index in [1.807, 2.05) is 6.92 Å². The van der Waals surface area contributed by atoms with Crippen LogP contribution in [0.1, 0.15) is 44.6 Å². The lowest BCUT2D eigenvalue weighted by molar-refractivity contribution is -0.137. The normalized spacial score (nSPS) is 22.4.